The van der Waals surface area contributed by atoms with Crippen molar-refractivity contribution in [1.82, 2.24) is 0 Å². The third-order valence-corrected chi connectivity index (χ3v) is 6.27. The summed E-state index contributed by atoms with van der Waals surface area (Å²) < 4.78 is 33.6. The monoisotopic (exact) mass is 478 g/mol. The molecule has 174 valence electrons. The first-order valence-electron chi connectivity index (χ1n) is 10.2. The number of carbonyl (C=O) groups is 1. The summed E-state index contributed by atoms with van der Waals surface area (Å²) in [6.45, 7) is -0.271. The van der Waals surface area contributed by atoms with Gasteiger partial charge in [-0.3, -0.25) is 4.79 Å². The van der Waals surface area contributed by atoms with E-state index in [1.807, 2.05) is 30.3 Å². The summed E-state index contributed by atoms with van der Waals surface area (Å²) in [6, 6.07) is 18.7. The fraction of sp³-hybridized carbons (Fsp3) is 0.0800. The molecule has 1 amide bonds. The zero-order valence-electron chi connectivity index (χ0n) is 18.2. The van der Waals surface area contributed by atoms with Crippen LogP contribution in [0.4, 0.5) is 5.69 Å². The fourth-order valence-electron chi connectivity index (χ4n) is 3.70. The second-order valence-corrected chi connectivity index (χ2v) is 8.98. The van der Waals surface area contributed by atoms with Gasteiger partial charge in [0.1, 0.15) is 10.6 Å². The highest BCUT2D eigenvalue weighted by molar-refractivity contribution is 7.89. The van der Waals surface area contributed by atoms with Gasteiger partial charge in [-0.05, 0) is 52.6 Å². The van der Waals surface area contributed by atoms with Crippen LogP contribution in [0.3, 0.4) is 0 Å². The number of aliphatic hydroxyl groups is 1. The van der Waals surface area contributed by atoms with Gasteiger partial charge in [0.25, 0.3) is 5.91 Å². The lowest BCUT2D eigenvalue weighted by atomic mass is 9.92. The minimum absolute atomic E-state index is 0.0162. The summed E-state index contributed by atoms with van der Waals surface area (Å²) in [5.41, 5.74) is 4.74. The van der Waals surface area contributed by atoms with Crippen LogP contribution in [0.5, 0.6) is 5.75 Å². The molecule has 8 nitrogen and oxygen atoms in total. The Hall–Kier alpha value is -3.92. The summed E-state index contributed by atoms with van der Waals surface area (Å²) in [5.74, 6) is -0.419. The molecule has 0 spiro atoms. The average Bonchev–Trinajstić information content (AvgIpc) is 3.37. The second kappa shape index (κ2) is 9.52. The average molecular weight is 479 g/mol. The van der Waals surface area contributed by atoms with Gasteiger partial charge in [-0.1, -0.05) is 30.3 Å². The standard InChI is InChI=1S/C25H22N2O6S/c1-32-23-13-19(7-9-24(23)34(26,30)31)27-25(29)16-6-8-21(18(12-16)14-28)22-5-3-2-4-20(22)17-10-11-33-15-17/h2-13,15,28H,14H2,1H3,(H,27,29)(H2,26,30,31). The predicted octanol–water partition coefficient (Wildman–Crippen LogP) is 4.01. The number of methoxy groups -OCH3 is 1. The van der Waals surface area contributed by atoms with Gasteiger partial charge in [-0.2, -0.15) is 0 Å². The molecule has 4 N–H and O–H groups in total. The Kier molecular flexibility index (Phi) is 6.51. The zero-order chi connectivity index (χ0) is 24.3. The van der Waals surface area contributed by atoms with Gasteiger partial charge in [0, 0.05) is 22.9 Å². The molecule has 3 aromatic carbocycles. The minimum atomic E-state index is -3.97. The minimum Gasteiger partial charge on any atom is -0.495 e. The lowest BCUT2D eigenvalue weighted by Gasteiger charge is -2.14. The molecule has 0 bridgehead atoms. The van der Waals surface area contributed by atoms with Gasteiger partial charge in [-0.25, -0.2) is 13.6 Å². The first-order chi connectivity index (χ1) is 16.3. The Bertz CT molecular complexity index is 1450. The Morgan fingerprint density at radius 3 is 2.44 bits per heavy atom. The van der Waals surface area contributed by atoms with E-state index in [1.54, 1.807) is 30.7 Å². The van der Waals surface area contributed by atoms with E-state index in [4.69, 9.17) is 14.3 Å². The van der Waals surface area contributed by atoms with E-state index in [2.05, 4.69) is 5.32 Å². The van der Waals surface area contributed by atoms with Crippen LogP contribution in [0, 0.1) is 0 Å². The number of benzene rings is 3. The van der Waals surface area contributed by atoms with E-state index in [1.165, 1.54) is 25.3 Å². The van der Waals surface area contributed by atoms with E-state index >= 15 is 0 Å². The van der Waals surface area contributed by atoms with Crippen molar-refractivity contribution in [2.75, 3.05) is 12.4 Å². The smallest absolute Gasteiger partial charge is 0.255 e. The molecule has 0 saturated heterocycles. The third-order valence-electron chi connectivity index (χ3n) is 5.32. The van der Waals surface area contributed by atoms with Crippen LogP contribution in [-0.4, -0.2) is 26.5 Å². The number of hydrogen-bond acceptors (Lipinski definition) is 6. The lowest BCUT2D eigenvalue weighted by Crippen LogP contribution is -2.15. The maximum Gasteiger partial charge on any atom is 0.255 e. The molecule has 0 aliphatic rings. The number of hydrogen-bond donors (Lipinski definition) is 3. The Labute approximate surface area is 196 Å². The molecule has 4 aromatic rings. The van der Waals surface area contributed by atoms with Crippen LogP contribution < -0.4 is 15.2 Å². The number of furan rings is 1. The maximum absolute atomic E-state index is 12.9. The van der Waals surface area contributed by atoms with Gasteiger partial charge in [0.2, 0.25) is 10.0 Å². The first kappa shape index (κ1) is 23.2. The number of ether oxygens (including phenoxy) is 1. The molecule has 0 aliphatic heterocycles. The highest BCUT2D eigenvalue weighted by atomic mass is 32.2. The highest BCUT2D eigenvalue weighted by Gasteiger charge is 2.18. The molecule has 4 rings (SSSR count). The van der Waals surface area contributed by atoms with Crippen LogP contribution in [0.2, 0.25) is 0 Å². The van der Waals surface area contributed by atoms with Crippen molar-refractivity contribution >= 4 is 21.6 Å². The van der Waals surface area contributed by atoms with E-state index in [-0.39, 0.29) is 17.3 Å². The molecular formula is C25H22N2O6S. The molecule has 1 aromatic heterocycles. The van der Waals surface area contributed by atoms with E-state index in [0.29, 0.717) is 16.8 Å². The van der Waals surface area contributed by atoms with Gasteiger partial charge in [-0.15, -0.1) is 0 Å². The van der Waals surface area contributed by atoms with Crippen molar-refractivity contribution in [3.8, 4) is 28.0 Å². The number of carbonyl (C=O) groups excluding carboxylic acids is 1. The Morgan fingerprint density at radius 2 is 1.79 bits per heavy atom. The third kappa shape index (κ3) is 4.72. The molecule has 0 aliphatic carbocycles. The van der Waals surface area contributed by atoms with Gasteiger partial charge in [0.15, 0.2) is 0 Å². The van der Waals surface area contributed by atoms with Crippen molar-refractivity contribution < 1.29 is 27.5 Å². The van der Waals surface area contributed by atoms with Crippen LogP contribution in [0.25, 0.3) is 22.3 Å². The molecular weight excluding hydrogens is 456 g/mol. The summed E-state index contributed by atoms with van der Waals surface area (Å²) in [7, 11) is -2.67. The summed E-state index contributed by atoms with van der Waals surface area (Å²) in [5, 5.41) is 17.9. The van der Waals surface area contributed by atoms with Crippen molar-refractivity contribution in [2.45, 2.75) is 11.5 Å². The molecule has 0 atom stereocenters. The number of aliphatic hydroxyl groups excluding tert-OH is 1. The normalized spacial score (nSPS) is 11.3. The Balaban J connectivity index is 1.65. The molecule has 0 unspecified atom stereocenters. The van der Waals surface area contributed by atoms with E-state index in [0.717, 1.165) is 22.3 Å². The van der Waals surface area contributed by atoms with Crippen molar-refractivity contribution in [2.24, 2.45) is 5.14 Å². The van der Waals surface area contributed by atoms with Gasteiger partial charge >= 0.3 is 0 Å². The molecule has 0 radical (unpaired) electrons. The Morgan fingerprint density at radius 1 is 1.03 bits per heavy atom. The molecule has 0 saturated carbocycles. The summed E-state index contributed by atoms with van der Waals surface area (Å²) >= 11 is 0. The number of amides is 1. The van der Waals surface area contributed by atoms with Crippen LogP contribution in [-0.2, 0) is 16.6 Å². The molecule has 0 fully saturated rings. The van der Waals surface area contributed by atoms with Crippen LogP contribution >= 0.6 is 0 Å². The number of nitrogens with one attached hydrogen (secondary N) is 1. The van der Waals surface area contributed by atoms with Crippen molar-refractivity contribution in [1.29, 1.82) is 0 Å². The number of rotatable bonds is 7. The zero-order valence-corrected chi connectivity index (χ0v) is 19.0. The number of sulfonamides is 1. The summed E-state index contributed by atoms with van der Waals surface area (Å²) in [4.78, 5) is 12.7. The fourth-order valence-corrected chi connectivity index (χ4v) is 4.38. The van der Waals surface area contributed by atoms with E-state index in [9.17, 15) is 18.3 Å². The van der Waals surface area contributed by atoms with Crippen LogP contribution in [0.1, 0.15) is 15.9 Å². The number of nitrogens with two attached hydrogens (primary N) is 1. The van der Waals surface area contributed by atoms with Crippen molar-refractivity contribution in [3.63, 3.8) is 0 Å². The van der Waals surface area contributed by atoms with Crippen LogP contribution in [0.15, 0.2) is 88.6 Å². The molecule has 9 heteroatoms. The maximum atomic E-state index is 12.9. The number of anilines is 1. The van der Waals surface area contributed by atoms with Crippen molar-refractivity contribution in [3.05, 3.63) is 90.4 Å². The first-order valence-corrected chi connectivity index (χ1v) is 11.7. The predicted molar refractivity (Wildman–Crippen MR) is 128 cm³/mol. The lowest BCUT2D eigenvalue weighted by molar-refractivity contribution is 0.102. The highest BCUT2D eigenvalue weighted by Crippen LogP contribution is 2.35. The molecule has 1 heterocycles. The van der Waals surface area contributed by atoms with E-state index < -0.39 is 15.9 Å². The largest absolute Gasteiger partial charge is 0.495 e. The summed E-state index contributed by atoms with van der Waals surface area (Å²) in [6.07, 6.45) is 3.24. The molecule has 34 heavy (non-hydrogen) atoms. The number of primary sulfonamides is 1. The topological polar surface area (TPSA) is 132 Å². The second-order valence-electron chi connectivity index (χ2n) is 7.45. The quantitative estimate of drug-likeness (QED) is 0.368. The van der Waals surface area contributed by atoms with Gasteiger partial charge < -0.3 is 19.6 Å². The SMILES string of the molecule is COc1cc(NC(=O)c2ccc(-c3ccccc3-c3ccoc3)c(CO)c2)ccc1S(N)(=O)=O. The van der Waals surface area contributed by atoms with Gasteiger partial charge in [0.05, 0.1) is 26.2 Å².